The van der Waals surface area contributed by atoms with Gasteiger partial charge in [0.25, 0.3) is 5.91 Å². The van der Waals surface area contributed by atoms with Gasteiger partial charge in [-0.15, -0.1) is 0 Å². The number of carbonyl (C=O) groups is 2. The third-order valence-corrected chi connectivity index (χ3v) is 5.45. The molecule has 2 atom stereocenters. The molecule has 0 aliphatic carbocycles. The fourth-order valence-corrected chi connectivity index (χ4v) is 3.84. The fraction of sp³-hybridized carbons (Fsp3) is 0.391. The fourth-order valence-electron chi connectivity index (χ4n) is 3.84. The molecular formula is C23H28N2O4. The number of nitrogens with zero attached hydrogens (tertiary/aromatic N) is 1. The van der Waals surface area contributed by atoms with Crippen molar-refractivity contribution in [1.29, 1.82) is 0 Å². The summed E-state index contributed by atoms with van der Waals surface area (Å²) >= 11 is 0. The number of benzene rings is 2. The normalized spacial score (nSPS) is 18.5. The van der Waals surface area contributed by atoms with Crippen LogP contribution < -0.4 is 10.1 Å². The highest BCUT2D eigenvalue weighted by Gasteiger charge is 2.40. The van der Waals surface area contributed by atoms with E-state index in [4.69, 9.17) is 9.47 Å². The van der Waals surface area contributed by atoms with Crippen molar-refractivity contribution in [2.45, 2.75) is 12.8 Å². The van der Waals surface area contributed by atoms with Gasteiger partial charge in [-0.25, -0.2) is 0 Å². The number of amides is 2. The Hall–Kier alpha value is -2.86. The van der Waals surface area contributed by atoms with Gasteiger partial charge in [0.1, 0.15) is 5.75 Å². The van der Waals surface area contributed by atoms with Crippen LogP contribution in [0.5, 0.6) is 5.75 Å². The molecule has 0 aromatic heterocycles. The molecule has 0 radical (unpaired) electrons. The number of ether oxygens (including phenoxy) is 2. The van der Waals surface area contributed by atoms with Crippen molar-refractivity contribution < 1.29 is 19.1 Å². The van der Waals surface area contributed by atoms with Crippen LogP contribution in [-0.4, -0.2) is 57.2 Å². The first kappa shape index (κ1) is 20.9. The predicted octanol–water partition coefficient (Wildman–Crippen LogP) is 2.62. The van der Waals surface area contributed by atoms with Crippen LogP contribution in [0.2, 0.25) is 0 Å². The van der Waals surface area contributed by atoms with Gasteiger partial charge in [0.05, 0.1) is 19.6 Å². The van der Waals surface area contributed by atoms with Crippen molar-refractivity contribution in [2.75, 3.05) is 40.5 Å². The second-order valence-electron chi connectivity index (χ2n) is 7.30. The summed E-state index contributed by atoms with van der Waals surface area (Å²) in [4.78, 5) is 27.8. The number of hydrogen-bond acceptors (Lipinski definition) is 4. The van der Waals surface area contributed by atoms with E-state index in [0.29, 0.717) is 31.8 Å². The van der Waals surface area contributed by atoms with Gasteiger partial charge in [0.2, 0.25) is 5.91 Å². The van der Waals surface area contributed by atoms with Gasteiger partial charge < -0.3 is 19.7 Å². The van der Waals surface area contributed by atoms with Gasteiger partial charge in [0, 0.05) is 38.2 Å². The van der Waals surface area contributed by atoms with Crippen LogP contribution in [0, 0.1) is 12.8 Å². The smallest absolute Gasteiger partial charge is 0.254 e. The van der Waals surface area contributed by atoms with E-state index in [0.717, 1.165) is 16.9 Å². The minimum Gasteiger partial charge on any atom is -0.497 e. The molecule has 1 aliphatic heterocycles. The summed E-state index contributed by atoms with van der Waals surface area (Å²) < 4.78 is 10.4. The first-order valence-electron chi connectivity index (χ1n) is 9.80. The highest BCUT2D eigenvalue weighted by atomic mass is 16.5. The summed E-state index contributed by atoms with van der Waals surface area (Å²) in [6.07, 6.45) is 0. The number of carbonyl (C=O) groups excluding carboxylic acids is 2. The van der Waals surface area contributed by atoms with Crippen molar-refractivity contribution in [3.63, 3.8) is 0 Å². The maximum atomic E-state index is 13.1. The Balaban J connectivity index is 1.86. The Labute approximate surface area is 171 Å². The Kier molecular flexibility index (Phi) is 6.88. The molecular weight excluding hydrogens is 368 g/mol. The van der Waals surface area contributed by atoms with E-state index in [1.54, 1.807) is 19.1 Å². The van der Waals surface area contributed by atoms with E-state index in [1.165, 1.54) is 0 Å². The third kappa shape index (κ3) is 4.77. The minimum atomic E-state index is -0.327. The molecule has 2 aromatic rings. The van der Waals surface area contributed by atoms with Crippen LogP contribution in [0.1, 0.15) is 27.4 Å². The Morgan fingerprint density at radius 3 is 2.62 bits per heavy atom. The number of aryl methyl sites for hydroxylation is 1. The SMILES string of the molecule is COCCNC(=O)C1CN(C(=O)c2ccccc2C)CC1c1cccc(OC)c1. The molecule has 154 valence electrons. The van der Waals surface area contributed by atoms with Crippen molar-refractivity contribution in [1.82, 2.24) is 10.2 Å². The van der Waals surface area contributed by atoms with Gasteiger partial charge in [-0.1, -0.05) is 30.3 Å². The molecule has 1 N–H and O–H groups in total. The lowest BCUT2D eigenvalue weighted by Crippen LogP contribution is -2.37. The van der Waals surface area contributed by atoms with Crippen molar-refractivity contribution in [3.05, 3.63) is 65.2 Å². The van der Waals surface area contributed by atoms with Crippen LogP contribution in [0.4, 0.5) is 0 Å². The van der Waals surface area contributed by atoms with Crippen LogP contribution in [0.3, 0.4) is 0 Å². The van der Waals surface area contributed by atoms with E-state index < -0.39 is 0 Å². The van der Waals surface area contributed by atoms with Gasteiger partial charge in [0.15, 0.2) is 0 Å². The second-order valence-corrected chi connectivity index (χ2v) is 7.30. The third-order valence-electron chi connectivity index (χ3n) is 5.45. The molecule has 6 nitrogen and oxygen atoms in total. The number of hydrogen-bond donors (Lipinski definition) is 1. The van der Waals surface area contributed by atoms with E-state index in [2.05, 4.69) is 5.32 Å². The maximum Gasteiger partial charge on any atom is 0.254 e. The molecule has 2 unspecified atom stereocenters. The lowest BCUT2D eigenvalue weighted by molar-refractivity contribution is -0.125. The van der Waals surface area contributed by atoms with Gasteiger partial charge in [-0.3, -0.25) is 9.59 Å². The van der Waals surface area contributed by atoms with Crippen molar-refractivity contribution in [2.24, 2.45) is 5.92 Å². The van der Waals surface area contributed by atoms with Gasteiger partial charge >= 0.3 is 0 Å². The average Bonchev–Trinajstić information content (AvgIpc) is 3.19. The first-order valence-corrected chi connectivity index (χ1v) is 9.80. The molecule has 1 aliphatic rings. The Morgan fingerprint density at radius 1 is 1.10 bits per heavy atom. The standard InChI is InChI=1S/C23H28N2O4/c1-16-7-4-5-10-19(16)23(27)25-14-20(17-8-6-9-18(13-17)29-3)21(15-25)22(26)24-11-12-28-2/h4-10,13,20-21H,11-12,14-15H2,1-3H3,(H,24,26). The lowest BCUT2D eigenvalue weighted by atomic mass is 9.88. The number of rotatable bonds is 7. The lowest BCUT2D eigenvalue weighted by Gasteiger charge is -2.18. The van der Waals surface area contributed by atoms with Gasteiger partial charge in [-0.2, -0.15) is 0 Å². The van der Waals surface area contributed by atoms with Crippen LogP contribution in [0.15, 0.2) is 48.5 Å². The van der Waals surface area contributed by atoms with E-state index in [-0.39, 0.29) is 23.7 Å². The van der Waals surface area contributed by atoms with Crippen molar-refractivity contribution in [3.8, 4) is 5.75 Å². The molecule has 1 heterocycles. The Bertz CT molecular complexity index is 867. The summed E-state index contributed by atoms with van der Waals surface area (Å²) in [5, 5.41) is 2.93. The summed E-state index contributed by atoms with van der Waals surface area (Å²) in [5.74, 6) is 0.218. The first-order chi connectivity index (χ1) is 14.0. The highest BCUT2D eigenvalue weighted by molar-refractivity contribution is 5.96. The average molecular weight is 396 g/mol. The second kappa shape index (κ2) is 9.56. The predicted molar refractivity (Wildman–Crippen MR) is 111 cm³/mol. The quantitative estimate of drug-likeness (QED) is 0.731. The summed E-state index contributed by atoms with van der Waals surface area (Å²) in [7, 11) is 3.22. The largest absolute Gasteiger partial charge is 0.497 e. The van der Waals surface area contributed by atoms with Crippen LogP contribution in [-0.2, 0) is 9.53 Å². The molecule has 0 spiro atoms. The zero-order valence-corrected chi connectivity index (χ0v) is 17.2. The topological polar surface area (TPSA) is 67.9 Å². The zero-order chi connectivity index (χ0) is 20.8. The number of nitrogens with one attached hydrogen (secondary N) is 1. The monoisotopic (exact) mass is 396 g/mol. The molecule has 0 saturated carbocycles. The number of methoxy groups -OCH3 is 2. The Morgan fingerprint density at radius 2 is 1.90 bits per heavy atom. The molecule has 2 amide bonds. The highest BCUT2D eigenvalue weighted by Crippen LogP contribution is 2.35. The summed E-state index contributed by atoms with van der Waals surface area (Å²) in [6, 6.07) is 15.3. The van der Waals surface area contributed by atoms with Gasteiger partial charge in [-0.05, 0) is 36.2 Å². The molecule has 1 fully saturated rings. The minimum absolute atomic E-state index is 0.0387. The van der Waals surface area contributed by atoms with Crippen molar-refractivity contribution >= 4 is 11.8 Å². The van der Waals surface area contributed by atoms with Crippen LogP contribution >= 0.6 is 0 Å². The van der Waals surface area contributed by atoms with Crippen LogP contribution in [0.25, 0.3) is 0 Å². The van der Waals surface area contributed by atoms with E-state index >= 15 is 0 Å². The molecule has 0 bridgehead atoms. The molecule has 6 heteroatoms. The molecule has 29 heavy (non-hydrogen) atoms. The number of likely N-dealkylation sites (tertiary alicyclic amines) is 1. The summed E-state index contributed by atoms with van der Waals surface area (Å²) in [5.41, 5.74) is 2.61. The van der Waals surface area contributed by atoms with E-state index in [1.807, 2.05) is 55.5 Å². The molecule has 2 aromatic carbocycles. The molecule has 3 rings (SSSR count). The zero-order valence-electron chi connectivity index (χ0n) is 17.2. The molecule has 1 saturated heterocycles. The summed E-state index contributed by atoms with van der Waals surface area (Å²) in [6.45, 7) is 3.70. The van der Waals surface area contributed by atoms with E-state index in [9.17, 15) is 9.59 Å². The maximum absolute atomic E-state index is 13.1.